The van der Waals surface area contributed by atoms with Crippen LogP contribution in [-0.2, 0) is 16.1 Å². The van der Waals surface area contributed by atoms with Gasteiger partial charge in [-0.1, -0.05) is 12.1 Å². The molecule has 6 heteroatoms. The van der Waals surface area contributed by atoms with E-state index < -0.39 is 0 Å². The van der Waals surface area contributed by atoms with E-state index in [4.69, 9.17) is 9.73 Å². The zero-order valence-corrected chi connectivity index (χ0v) is 15.2. The molecule has 0 bridgehead atoms. The standard InChI is InChI=1S/C19H28N4O2/c1-3-20-18(23-9-7-19(13-23)8-10-25-14-19)21-12-16-5-4-6-17(11-16)22-15(2)24/h4-6,11H,3,7-10,12-14H2,1-2H3,(H,20,21)(H,22,24). The molecule has 1 amide bonds. The van der Waals surface area contributed by atoms with Gasteiger partial charge in [0.1, 0.15) is 0 Å². The summed E-state index contributed by atoms with van der Waals surface area (Å²) in [5.41, 5.74) is 2.22. The first-order valence-electron chi connectivity index (χ1n) is 9.08. The van der Waals surface area contributed by atoms with Crippen LogP contribution in [0.2, 0.25) is 0 Å². The van der Waals surface area contributed by atoms with Crippen LogP contribution in [0.3, 0.4) is 0 Å². The predicted octanol–water partition coefficient (Wildman–Crippen LogP) is 2.22. The summed E-state index contributed by atoms with van der Waals surface area (Å²) in [5, 5.41) is 6.23. The van der Waals surface area contributed by atoms with Gasteiger partial charge in [-0.15, -0.1) is 0 Å². The van der Waals surface area contributed by atoms with E-state index in [-0.39, 0.29) is 5.91 Å². The van der Waals surface area contributed by atoms with Gasteiger partial charge in [0.25, 0.3) is 0 Å². The molecule has 6 nitrogen and oxygen atoms in total. The van der Waals surface area contributed by atoms with Crippen molar-refractivity contribution in [3.8, 4) is 0 Å². The highest BCUT2D eigenvalue weighted by molar-refractivity contribution is 5.88. The number of amides is 1. The molecule has 2 aliphatic rings. The highest BCUT2D eigenvalue weighted by Crippen LogP contribution is 2.38. The minimum absolute atomic E-state index is 0.0601. The van der Waals surface area contributed by atoms with Crippen LogP contribution < -0.4 is 10.6 Å². The molecular weight excluding hydrogens is 316 g/mol. The first kappa shape index (κ1) is 17.7. The summed E-state index contributed by atoms with van der Waals surface area (Å²) in [7, 11) is 0. The largest absolute Gasteiger partial charge is 0.381 e. The average Bonchev–Trinajstić information content (AvgIpc) is 3.21. The minimum Gasteiger partial charge on any atom is -0.381 e. The Kier molecular flexibility index (Phi) is 5.58. The maximum atomic E-state index is 11.2. The fourth-order valence-corrected chi connectivity index (χ4v) is 3.63. The van der Waals surface area contributed by atoms with Crippen LogP contribution in [0.25, 0.3) is 0 Å². The molecule has 0 aromatic heterocycles. The number of likely N-dealkylation sites (tertiary alicyclic amines) is 1. The van der Waals surface area contributed by atoms with Gasteiger partial charge < -0.3 is 20.3 Å². The molecule has 136 valence electrons. The fourth-order valence-electron chi connectivity index (χ4n) is 3.63. The third-order valence-corrected chi connectivity index (χ3v) is 4.92. The molecule has 2 fully saturated rings. The Balaban J connectivity index is 1.67. The van der Waals surface area contributed by atoms with Gasteiger partial charge in [-0.25, -0.2) is 4.99 Å². The lowest BCUT2D eigenvalue weighted by atomic mass is 9.87. The van der Waals surface area contributed by atoms with E-state index in [1.165, 1.54) is 13.3 Å². The summed E-state index contributed by atoms with van der Waals surface area (Å²) in [5.74, 6) is 0.909. The third kappa shape index (κ3) is 4.51. The normalized spacial score (nSPS) is 23.3. The molecule has 2 N–H and O–H groups in total. The Bertz CT molecular complexity index is 638. The van der Waals surface area contributed by atoms with Crippen molar-refractivity contribution in [3.05, 3.63) is 29.8 Å². The highest BCUT2D eigenvalue weighted by Gasteiger charge is 2.42. The lowest BCUT2D eigenvalue weighted by Gasteiger charge is -2.25. The highest BCUT2D eigenvalue weighted by atomic mass is 16.5. The molecule has 0 saturated carbocycles. The van der Waals surface area contributed by atoms with Gasteiger partial charge in [-0.3, -0.25) is 4.79 Å². The van der Waals surface area contributed by atoms with Crippen molar-refractivity contribution in [2.45, 2.75) is 33.2 Å². The summed E-state index contributed by atoms with van der Waals surface area (Å²) >= 11 is 0. The number of anilines is 1. The van der Waals surface area contributed by atoms with Crippen LogP contribution in [0.5, 0.6) is 0 Å². The summed E-state index contributed by atoms with van der Waals surface area (Å²) in [6.45, 7) is 8.87. The minimum atomic E-state index is -0.0601. The number of hydrogen-bond donors (Lipinski definition) is 2. The number of carbonyl (C=O) groups excluding carboxylic acids is 1. The van der Waals surface area contributed by atoms with Crippen LogP contribution in [0.4, 0.5) is 5.69 Å². The Hall–Kier alpha value is -2.08. The van der Waals surface area contributed by atoms with Crippen molar-refractivity contribution in [3.63, 3.8) is 0 Å². The number of benzene rings is 1. The van der Waals surface area contributed by atoms with Gasteiger partial charge in [-0.2, -0.15) is 0 Å². The van der Waals surface area contributed by atoms with E-state index in [9.17, 15) is 4.79 Å². The smallest absolute Gasteiger partial charge is 0.221 e. The molecule has 1 spiro atoms. The molecule has 3 rings (SSSR count). The average molecular weight is 344 g/mol. The number of ether oxygens (including phenoxy) is 1. The van der Waals surface area contributed by atoms with Gasteiger partial charge in [0, 0.05) is 44.3 Å². The van der Waals surface area contributed by atoms with Crippen molar-refractivity contribution < 1.29 is 9.53 Å². The molecular formula is C19H28N4O2. The van der Waals surface area contributed by atoms with Crippen LogP contribution in [0.1, 0.15) is 32.3 Å². The molecule has 1 unspecified atom stereocenters. The van der Waals surface area contributed by atoms with Crippen LogP contribution in [0.15, 0.2) is 29.3 Å². The molecule has 2 heterocycles. The second-order valence-corrected chi connectivity index (χ2v) is 7.03. The van der Waals surface area contributed by atoms with Gasteiger partial charge in [0.2, 0.25) is 5.91 Å². The van der Waals surface area contributed by atoms with Crippen LogP contribution in [-0.4, -0.2) is 49.6 Å². The number of aliphatic imine (C=N–C) groups is 1. The monoisotopic (exact) mass is 344 g/mol. The van der Waals surface area contributed by atoms with Crippen molar-refractivity contribution in [1.82, 2.24) is 10.2 Å². The Morgan fingerprint density at radius 3 is 3.00 bits per heavy atom. The van der Waals surface area contributed by atoms with Gasteiger partial charge in [0.05, 0.1) is 13.2 Å². The Morgan fingerprint density at radius 1 is 1.40 bits per heavy atom. The maximum Gasteiger partial charge on any atom is 0.221 e. The van der Waals surface area contributed by atoms with Crippen molar-refractivity contribution in [2.75, 3.05) is 38.2 Å². The van der Waals surface area contributed by atoms with Crippen molar-refractivity contribution in [2.24, 2.45) is 10.4 Å². The molecule has 0 radical (unpaired) electrons. The van der Waals surface area contributed by atoms with Gasteiger partial charge in [-0.05, 0) is 37.5 Å². The predicted molar refractivity (Wildman–Crippen MR) is 99.6 cm³/mol. The maximum absolute atomic E-state index is 11.2. The third-order valence-electron chi connectivity index (χ3n) is 4.92. The summed E-state index contributed by atoms with van der Waals surface area (Å²) < 4.78 is 5.62. The molecule has 1 atom stereocenters. The Morgan fingerprint density at radius 2 is 2.28 bits per heavy atom. The summed E-state index contributed by atoms with van der Waals surface area (Å²) in [4.78, 5) is 18.4. The lowest BCUT2D eigenvalue weighted by molar-refractivity contribution is -0.114. The molecule has 25 heavy (non-hydrogen) atoms. The van der Waals surface area contributed by atoms with Gasteiger partial charge >= 0.3 is 0 Å². The summed E-state index contributed by atoms with van der Waals surface area (Å²) in [6, 6.07) is 7.85. The first-order valence-corrected chi connectivity index (χ1v) is 9.08. The van der Waals surface area contributed by atoms with Crippen molar-refractivity contribution in [1.29, 1.82) is 0 Å². The number of rotatable bonds is 4. The fraction of sp³-hybridized carbons (Fsp3) is 0.579. The number of nitrogens with one attached hydrogen (secondary N) is 2. The van der Waals surface area contributed by atoms with Gasteiger partial charge in [0.15, 0.2) is 5.96 Å². The van der Waals surface area contributed by atoms with Crippen LogP contribution >= 0.6 is 0 Å². The molecule has 2 aliphatic heterocycles. The lowest BCUT2D eigenvalue weighted by Crippen LogP contribution is -2.41. The van der Waals surface area contributed by atoms with E-state index in [1.807, 2.05) is 24.3 Å². The zero-order chi connectivity index (χ0) is 17.7. The molecule has 1 aromatic rings. The van der Waals surface area contributed by atoms with E-state index >= 15 is 0 Å². The number of guanidine groups is 1. The first-order chi connectivity index (χ1) is 12.1. The molecule has 1 aromatic carbocycles. The quantitative estimate of drug-likeness (QED) is 0.649. The summed E-state index contributed by atoms with van der Waals surface area (Å²) in [6.07, 6.45) is 2.33. The molecule has 0 aliphatic carbocycles. The topological polar surface area (TPSA) is 66.0 Å². The number of hydrogen-bond acceptors (Lipinski definition) is 3. The second kappa shape index (κ2) is 7.87. The van der Waals surface area contributed by atoms with E-state index in [0.717, 1.165) is 56.5 Å². The number of nitrogens with zero attached hydrogens (tertiary/aromatic N) is 2. The Labute approximate surface area is 149 Å². The second-order valence-electron chi connectivity index (χ2n) is 7.03. The number of carbonyl (C=O) groups is 1. The van der Waals surface area contributed by atoms with E-state index in [1.54, 1.807) is 0 Å². The van der Waals surface area contributed by atoms with Crippen molar-refractivity contribution >= 4 is 17.6 Å². The zero-order valence-electron chi connectivity index (χ0n) is 15.2. The van der Waals surface area contributed by atoms with E-state index in [2.05, 4.69) is 22.5 Å². The molecule has 2 saturated heterocycles. The van der Waals surface area contributed by atoms with Crippen LogP contribution in [0, 0.1) is 5.41 Å². The SMILES string of the molecule is CCNC(=NCc1cccc(NC(C)=O)c1)N1CCC2(CCOC2)C1. The van der Waals surface area contributed by atoms with E-state index in [0.29, 0.717) is 12.0 Å².